The van der Waals surface area contributed by atoms with Gasteiger partial charge in [0.2, 0.25) is 11.8 Å². The van der Waals surface area contributed by atoms with E-state index in [1.807, 2.05) is 37.3 Å². The maximum Gasteiger partial charge on any atom is 0.223 e. The molecule has 1 fully saturated rings. The van der Waals surface area contributed by atoms with E-state index in [1.54, 1.807) is 12.4 Å². The van der Waals surface area contributed by atoms with Crippen LogP contribution < -0.4 is 10.6 Å². The molecule has 2 amide bonds. The van der Waals surface area contributed by atoms with Crippen molar-refractivity contribution in [2.75, 3.05) is 0 Å². The van der Waals surface area contributed by atoms with Crippen molar-refractivity contribution in [3.63, 3.8) is 0 Å². The molecule has 0 bridgehead atoms. The Kier molecular flexibility index (Phi) is 6.58. The van der Waals surface area contributed by atoms with Gasteiger partial charge >= 0.3 is 0 Å². The van der Waals surface area contributed by atoms with Crippen LogP contribution in [-0.4, -0.2) is 16.8 Å². The Balaban J connectivity index is 1.40. The molecule has 0 unspecified atom stereocenters. The van der Waals surface area contributed by atoms with Crippen molar-refractivity contribution < 1.29 is 9.59 Å². The monoisotopic (exact) mass is 365 g/mol. The lowest BCUT2D eigenvalue weighted by Gasteiger charge is -2.27. The first-order valence-electron chi connectivity index (χ1n) is 9.61. The Bertz CT molecular complexity index is 768. The molecule has 142 valence electrons. The summed E-state index contributed by atoms with van der Waals surface area (Å²) >= 11 is 0. The Labute approximate surface area is 160 Å². The van der Waals surface area contributed by atoms with Crippen LogP contribution in [0.3, 0.4) is 0 Å². The number of rotatable bonds is 6. The van der Waals surface area contributed by atoms with Gasteiger partial charge < -0.3 is 10.6 Å². The fraction of sp³-hybridized carbons (Fsp3) is 0.409. The van der Waals surface area contributed by atoms with Gasteiger partial charge in [0.25, 0.3) is 0 Å². The number of benzene rings is 1. The highest BCUT2D eigenvalue weighted by Gasteiger charge is 2.29. The van der Waals surface area contributed by atoms with Crippen LogP contribution in [0.1, 0.15) is 42.4 Å². The molecule has 1 aliphatic carbocycles. The lowest BCUT2D eigenvalue weighted by molar-refractivity contribution is -0.130. The predicted octanol–water partition coefficient (Wildman–Crippen LogP) is 3.13. The second-order valence-electron chi connectivity index (χ2n) is 7.33. The van der Waals surface area contributed by atoms with Crippen molar-refractivity contribution in [2.24, 2.45) is 11.8 Å². The van der Waals surface area contributed by atoms with Crippen LogP contribution in [0.25, 0.3) is 0 Å². The second-order valence-corrected chi connectivity index (χ2v) is 7.33. The van der Waals surface area contributed by atoms with Crippen LogP contribution >= 0.6 is 0 Å². The maximum absolute atomic E-state index is 12.4. The molecular formula is C22H27N3O2. The van der Waals surface area contributed by atoms with E-state index in [0.717, 1.165) is 36.8 Å². The third kappa shape index (κ3) is 5.64. The highest BCUT2D eigenvalue weighted by atomic mass is 16.2. The maximum atomic E-state index is 12.4. The minimum atomic E-state index is 0.00709. The van der Waals surface area contributed by atoms with Gasteiger partial charge in [0.05, 0.1) is 0 Å². The van der Waals surface area contributed by atoms with E-state index in [1.165, 1.54) is 5.56 Å². The molecule has 0 atom stereocenters. The number of hydrogen-bond acceptors (Lipinski definition) is 3. The topological polar surface area (TPSA) is 71.1 Å². The van der Waals surface area contributed by atoms with Gasteiger partial charge in [-0.15, -0.1) is 0 Å². The molecule has 0 saturated heterocycles. The van der Waals surface area contributed by atoms with Gasteiger partial charge in [-0.05, 0) is 55.9 Å². The molecule has 1 aromatic carbocycles. The molecule has 1 saturated carbocycles. The number of nitrogens with zero attached hydrogens (tertiary/aromatic N) is 1. The third-order valence-electron chi connectivity index (χ3n) is 5.23. The van der Waals surface area contributed by atoms with Crippen molar-refractivity contribution in [2.45, 2.75) is 45.7 Å². The van der Waals surface area contributed by atoms with Crippen molar-refractivity contribution in [1.29, 1.82) is 0 Å². The van der Waals surface area contributed by atoms with Gasteiger partial charge in [0, 0.05) is 37.3 Å². The van der Waals surface area contributed by atoms with E-state index in [2.05, 4.69) is 21.7 Å². The number of nitrogens with one attached hydrogen (secondary N) is 2. The summed E-state index contributed by atoms with van der Waals surface area (Å²) in [7, 11) is 0. The SMILES string of the molecule is Cc1cccc(CNC(=O)C2CCC(C(=O)NCc3ccncc3)CC2)c1. The van der Waals surface area contributed by atoms with Crippen LogP contribution in [0.2, 0.25) is 0 Å². The fourth-order valence-electron chi connectivity index (χ4n) is 3.61. The quantitative estimate of drug-likeness (QED) is 0.826. The second kappa shape index (κ2) is 9.31. The molecule has 1 heterocycles. The Morgan fingerprint density at radius 1 is 0.889 bits per heavy atom. The number of aromatic nitrogens is 1. The minimum absolute atomic E-state index is 0.00709. The summed E-state index contributed by atoms with van der Waals surface area (Å²) < 4.78 is 0. The predicted molar refractivity (Wildman–Crippen MR) is 105 cm³/mol. The minimum Gasteiger partial charge on any atom is -0.352 e. The van der Waals surface area contributed by atoms with Crippen LogP contribution in [0.15, 0.2) is 48.8 Å². The summed E-state index contributed by atoms with van der Waals surface area (Å²) in [6.45, 7) is 3.14. The third-order valence-corrected chi connectivity index (χ3v) is 5.23. The summed E-state index contributed by atoms with van der Waals surface area (Å²) in [4.78, 5) is 28.8. The van der Waals surface area contributed by atoms with Gasteiger partial charge in [-0.3, -0.25) is 14.6 Å². The molecular weight excluding hydrogens is 338 g/mol. The van der Waals surface area contributed by atoms with Crippen LogP contribution in [0, 0.1) is 18.8 Å². The first kappa shape index (κ1) is 19.1. The number of amides is 2. The molecule has 5 nitrogen and oxygen atoms in total. The zero-order valence-electron chi connectivity index (χ0n) is 15.8. The Morgan fingerprint density at radius 3 is 2.00 bits per heavy atom. The number of aryl methyl sites for hydroxylation is 1. The molecule has 2 aromatic rings. The smallest absolute Gasteiger partial charge is 0.223 e. The zero-order chi connectivity index (χ0) is 19.1. The van der Waals surface area contributed by atoms with E-state index < -0.39 is 0 Å². The summed E-state index contributed by atoms with van der Waals surface area (Å²) in [6.07, 6.45) is 6.53. The molecule has 0 aliphatic heterocycles. The Morgan fingerprint density at radius 2 is 1.44 bits per heavy atom. The largest absolute Gasteiger partial charge is 0.352 e. The normalized spacial score (nSPS) is 19.3. The number of hydrogen-bond donors (Lipinski definition) is 2. The van der Waals surface area contributed by atoms with Crippen molar-refractivity contribution in [1.82, 2.24) is 15.6 Å². The standard InChI is InChI=1S/C22H27N3O2/c1-16-3-2-4-18(13-16)15-25-22(27)20-7-5-19(6-8-20)21(26)24-14-17-9-11-23-12-10-17/h2-4,9-13,19-20H,5-8,14-15H2,1H3,(H,24,26)(H,25,27). The first-order chi connectivity index (χ1) is 13.1. The molecule has 2 N–H and O–H groups in total. The summed E-state index contributed by atoms with van der Waals surface area (Å²) in [5.74, 6) is 0.212. The van der Waals surface area contributed by atoms with Crippen molar-refractivity contribution in [3.8, 4) is 0 Å². The lowest BCUT2D eigenvalue weighted by atomic mass is 9.81. The van der Waals surface area contributed by atoms with Gasteiger partial charge in [0.15, 0.2) is 0 Å². The molecule has 0 spiro atoms. The summed E-state index contributed by atoms with van der Waals surface area (Å²) in [5, 5.41) is 6.04. The van der Waals surface area contributed by atoms with E-state index in [-0.39, 0.29) is 23.7 Å². The molecule has 1 aliphatic rings. The van der Waals surface area contributed by atoms with E-state index in [4.69, 9.17) is 0 Å². The van der Waals surface area contributed by atoms with Crippen LogP contribution in [0.4, 0.5) is 0 Å². The highest BCUT2D eigenvalue weighted by molar-refractivity contribution is 5.81. The average Bonchev–Trinajstić information content (AvgIpc) is 2.71. The summed E-state index contributed by atoms with van der Waals surface area (Å²) in [6, 6.07) is 12.0. The van der Waals surface area contributed by atoms with E-state index in [0.29, 0.717) is 13.1 Å². The van der Waals surface area contributed by atoms with Crippen LogP contribution in [0.5, 0.6) is 0 Å². The molecule has 0 radical (unpaired) electrons. The Hall–Kier alpha value is -2.69. The van der Waals surface area contributed by atoms with Crippen LogP contribution in [-0.2, 0) is 22.7 Å². The van der Waals surface area contributed by atoms with E-state index in [9.17, 15) is 9.59 Å². The van der Waals surface area contributed by atoms with E-state index >= 15 is 0 Å². The highest BCUT2D eigenvalue weighted by Crippen LogP contribution is 2.29. The summed E-state index contributed by atoms with van der Waals surface area (Å²) in [5.41, 5.74) is 3.36. The lowest BCUT2D eigenvalue weighted by Crippen LogP contribution is -2.37. The van der Waals surface area contributed by atoms with Gasteiger partial charge in [-0.25, -0.2) is 0 Å². The van der Waals surface area contributed by atoms with Gasteiger partial charge in [-0.1, -0.05) is 29.8 Å². The first-order valence-corrected chi connectivity index (χ1v) is 9.61. The fourth-order valence-corrected chi connectivity index (χ4v) is 3.61. The average molecular weight is 365 g/mol. The van der Waals surface area contributed by atoms with Gasteiger partial charge in [0.1, 0.15) is 0 Å². The van der Waals surface area contributed by atoms with Crippen molar-refractivity contribution in [3.05, 3.63) is 65.5 Å². The van der Waals surface area contributed by atoms with Gasteiger partial charge in [-0.2, -0.15) is 0 Å². The number of carbonyl (C=O) groups is 2. The molecule has 1 aromatic heterocycles. The van der Waals surface area contributed by atoms with Crippen molar-refractivity contribution >= 4 is 11.8 Å². The number of pyridine rings is 1. The molecule has 3 rings (SSSR count). The number of carbonyl (C=O) groups excluding carboxylic acids is 2. The molecule has 27 heavy (non-hydrogen) atoms. The zero-order valence-corrected chi connectivity index (χ0v) is 15.8. The molecule has 5 heteroatoms.